The molecule has 8 nitrogen and oxygen atoms in total. The summed E-state index contributed by atoms with van der Waals surface area (Å²) in [4.78, 5) is 14.3. The third-order valence-corrected chi connectivity index (χ3v) is 6.27. The Kier molecular flexibility index (Phi) is 6.99. The summed E-state index contributed by atoms with van der Waals surface area (Å²) in [7, 11) is -3.43. The molecule has 2 saturated heterocycles. The van der Waals surface area contributed by atoms with Crippen molar-refractivity contribution in [3.05, 3.63) is 0 Å². The summed E-state index contributed by atoms with van der Waals surface area (Å²) in [6.07, 6.45) is 2.18. The molecular formula is C15H30N4O4S. The number of carbonyl (C=O) groups excluding carboxylic acids is 1. The Morgan fingerprint density at radius 3 is 2.42 bits per heavy atom. The first-order chi connectivity index (χ1) is 11.3. The van der Waals surface area contributed by atoms with E-state index >= 15 is 0 Å². The zero-order valence-electron chi connectivity index (χ0n) is 14.8. The van der Waals surface area contributed by atoms with Gasteiger partial charge < -0.3 is 10.1 Å². The Morgan fingerprint density at radius 1 is 1.21 bits per heavy atom. The van der Waals surface area contributed by atoms with Gasteiger partial charge in [0.15, 0.2) is 0 Å². The summed E-state index contributed by atoms with van der Waals surface area (Å²) in [5.41, 5.74) is 0. The van der Waals surface area contributed by atoms with E-state index < -0.39 is 10.2 Å². The van der Waals surface area contributed by atoms with Crippen LogP contribution >= 0.6 is 0 Å². The normalized spacial score (nSPS) is 25.1. The highest BCUT2D eigenvalue weighted by molar-refractivity contribution is 7.87. The SMILES string of the molecule is CC(C)NS(=O)(=O)N1CCN(C(C)C(=O)NCC2CCCO2)CC1. The molecule has 0 radical (unpaired) electrons. The lowest BCUT2D eigenvalue weighted by atomic mass is 10.2. The number of nitrogens with zero attached hydrogens (tertiary/aromatic N) is 2. The van der Waals surface area contributed by atoms with E-state index in [0.717, 1.165) is 19.4 Å². The van der Waals surface area contributed by atoms with Crippen LogP contribution in [0.25, 0.3) is 0 Å². The standard InChI is InChI=1S/C15H30N4O4S/c1-12(2)17-24(21,22)19-8-6-18(7-9-19)13(3)15(20)16-11-14-5-4-10-23-14/h12-14,17H,4-11H2,1-3H3,(H,16,20). The summed E-state index contributed by atoms with van der Waals surface area (Å²) in [6.45, 7) is 8.68. The quantitative estimate of drug-likeness (QED) is 0.639. The van der Waals surface area contributed by atoms with Gasteiger partial charge in [-0.1, -0.05) is 0 Å². The second kappa shape index (κ2) is 8.57. The van der Waals surface area contributed by atoms with Crippen LogP contribution < -0.4 is 10.0 Å². The number of ether oxygens (including phenoxy) is 1. The topological polar surface area (TPSA) is 91.0 Å². The van der Waals surface area contributed by atoms with E-state index in [1.807, 2.05) is 11.8 Å². The molecule has 1 amide bonds. The number of piperazine rings is 1. The second-order valence-electron chi connectivity index (χ2n) is 6.77. The lowest BCUT2D eigenvalue weighted by molar-refractivity contribution is -0.126. The van der Waals surface area contributed by atoms with Gasteiger partial charge >= 0.3 is 0 Å². The molecule has 0 aromatic rings. The van der Waals surface area contributed by atoms with Crippen molar-refractivity contribution in [1.29, 1.82) is 0 Å². The average Bonchev–Trinajstić information content (AvgIpc) is 3.04. The lowest BCUT2D eigenvalue weighted by Crippen LogP contribution is -2.57. The Labute approximate surface area is 145 Å². The maximum Gasteiger partial charge on any atom is 0.279 e. The van der Waals surface area contributed by atoms with Crippen molar-refractivity contribution in [2.75, 3.05) is 39.3 Å². The van der Waals surface area contributed by atoms with Crippen LogP contribution in [0.2, 0.25) is 0 Å². The molecular weight excluding hydrogens is 332 g/mol. The van der Waals surface area contributed by atoms with Crippen molar-refractivity contribution < 1.29 is 17.9 Å². The smallest absolute Gasteiger partial charge is 0.279 e. The number of rotatable bonds is 7. The molecule has 2 aliphatic heterocycles. The van der Waals surface area contributed by atoms with Gasteiger partial charge in [-0.15, -0.1) is 0 Å². The molecule has 0 aromatic heterocycles. The van der Waals surface area contributed by atoms with Gasteiger partial charge in [-0.2, -0.15) is 17.4 Å². The van der Waals surface area contributed by atoms with Crippen molar-refractivity contribution in [1.82, 2.24) is 19.2 Å². The van der Waals surface area contributed by atoms with E-state index in [9.17, 15) is 13.2 Å². The fourth-order valence-electron chi connectivity index (χ4n) is 3.04. The third kappa shape index (κ3) is 5.38. The van der Waals surface area contributed by atoms with Gasteiger partial charge in [0.25, 0.3) is 10.2 Å². The van der Waals surface area contributed by atoms with Crippen LogP contribution in [0.1, 0.15) is 33.6 Å². The molecule has 2 fully saturated rings. The third-order valence-electron chi connectivity index (χ3n) is 4.45. The fourth-order valence-corrected chi connectivity index (χ4v) is 4.43. The molecule has 2 unspecified atom stereocenters. The van der Waals surface area contributed by atoms with Crippen molar-refractivity contribution in [2.45, 2.75) is 51.8 Å². The van der Waals surface area contributed by atoms with Crippen molar-refractivity contribution in [2.24, 2.45) is 0 Å². The summed E-state index contributed by atoms with van der Waals surface area (Å²) in [6, 6.07) is -0.398. The molecule has 2 N–H and O–H groups in total. The molecule has 0 saturated carbocycles. The van der Waals surface area contributed by atoms with Gasteiger partial charge in [0.2, 0.25) is 5.91 Å². The number of amides is 1. The molecule has 2 atom stereocenters. The number of hydrogen-bond acceptors (Lipinski definition) is 5. The van der Waals surface area contributed by atoms with Crippen LogP contribution in [0.3, 0.4) is 0 Å². The Balaban J connectivity index is 1.77. The van der Waals surface area contributed by atoms with Crippen molar-refractivity contribution in [3.8, 4) is 0 Å². The second-order valence-corrected chi connectivity index (χ2v) is 8.47. The zero-order valence-corrected chi connectivity index (χ0v) is 15.6. The minimum atomic E-state index is -3.43. The van der Waals surface area contributed by atoms with Gasteiger partial charge in [0.05, 0.1) is 12.1 Å². The summed E-state index contributed by atoms with van der Waals surface area (Å²) < 4.78 is 33.9. The van der Waals surface area contributed by atoms with Crippen LogP contribution in [0.4, 0.5) is 0 Å². The molecule has 0 spiro atoms. The van der Waals surface area contributed by atoms with Crippen LogP contribution in [-0.4, -0.2) is 81.0 Å². The maximum atomic E-state index is 12.3. The van der Waals surface area contributed by atoms with Gasteiger partial charge in [-0.05, 0) is 33.6 Å². The van der Waals surface area contributed by atoms with Gasteiger partial charge in [-0.25, -0.2) is 0 Å². The number of hydrogen-bond donors (Lipinski definition) is 2. The molecule has 0 aromatic carbocycles. The predicted molar refractivity (Wildman–Crippen MR) is 91.8 cm³/mol. The first-order valence-corrected chi connectivity index (χ1v) is 10.1. The minimum absolute atomic E-state index is 0.0258. The first-order valence-electron chi connectivity index (χ1n) is 8.70. The molecule has 2 rings (SSSR count). The number of nitrogens with one attached hydrogen (secondary N) is 2. The van der Waals surface area contributed by atoms with Crippen LogP contribution in [0, 0.1) is 0 Å². The molecule has 24 heavy (non-hydrogen) atoms. The lowest BCUT2D eigenvalue weighted by Gasteiger charge is -2.37. The van der Waals surface area contributed by atoms with E-state index in [1.54, 1.807) is 13.8 Å². The number of carbonyl (C=O) groups is 1. The average molecular weight is 362 g/mol. The minimum Gasteiger partial charge on any atom is -0.376 e. The van der Waals surface area contributed by atoms with Gasteiger partial charge in [0.1, 0.15) is 0 Å². The molecule has 0 aliphatic carbocycles. The van der Waals surface area contributed by atoms with Crippen molar-refractivity contribution >= 4 is 16.1 Å². The van der Waals surface area contributed by atoms with E-state index in [2.05, 4.69) is 10.0 Å². The van der Waals surface area contributed by atoms with Gasteiger partial charge in [0, 0.05) is 45.4 Å². The Hall–Kier alpha value is -0.740. The molecule has 2 aliphatic rings. The van der Waals surface area contributed by atoms with Crippen LogP contribution in [0.5, 0.6) is 0 Å². The van der Waals surface area contributed by atoms with Crippen LogP contribution in [-0.2, 0) is 19.7 Å². The highest BCUT2D eigenvalue weighted by atomic mass is 32.2. The molecule has 0 bridgehead atoms. The Morgan fingerprint density at radius 2 is 1.88 bits per heavy atom. The zero-order chi connectivity index (χ0) is 17.7. The van der Waals surface area contributed by atoms with Crippen LogP contribution in [0.15, 0.2) is 0 Å². The van der Waals surface area contributed by atoms with E-state index in [4.69, 9.17) is 4.74 Å². The summed E-state index contributed by atoms with van der Waals surface area (Å²) >= 11 is 0. The Bertz CT molecular complexity index is 512. The largest absolute Gasteiger partial charge is 0.376 e. The van der Waals surface area contributed by atoms with E-state index in [-0.39, 0.29) is 24.1 Å². The first kappa shape index (κ1) is 19.6. The monoisotopic (exact) mass is 362 g/mol. The molecule has 140 valence electrons. The highest BCUT2D eigenvalue weighted by Gasteiger charge is 2.31. The molecule has 2 heterocycles. The summed E-state index contributed by atoms with van der Waals surface area (Å²) in [5, 5.41) is 2.94. The maximum absolute atomic E-state index is 12.3. The highest BCUT2D eigenvalue weighted by Crippen LogP contribution is 2.12. The van der Waals surface area contributed by atoms with E-state index in [0.29, 0.717) is 32.7 Å². The van der Waals surface area contributed by atoms with E-state index in [1.165, 1.54) is 4.31 Å². The predicted octanol–water partition coefficient (Wildman–Crippen LogP) is -0.469. The molecule has 9 heteroatoms. The van der Waals surface area contributed by atoms with Gasteiger partial charge in [-0.3, -0.25) is 9.69 Å². The fraction of sp³-hybridized carbons (Fsp3) is 0.933. The van der Waals surface area contributed by atoms with Crippen molar-refractivity contribution in [3.63, 3.8) is 0 Å². The summed E-state index contributed by atoms with van der Waals surface area (Å²) in [5.74, 6) is -0.0258.